The van der Waals surface area contributed by atoms with Crippen molar-refractivity contribution < 1.29 is 24.1 Å². The van der Waals surface area contributed by atoms with Crippen molar-refractivity contribution in [1.82, 2.24) is 4.90 Å². The minimum atomic E-state index is -0.890. The Balaban J connectivity index is 1.14. The number of amides is 1. The highest BCUT2D eigenvalue weighted by atomic mass is 16.5. The summed E-state index contributed by atoms with van der Waals surface area (Å²) in [6.07, 6.45) is 2.73. The molecule has 0 radical (unpaired) electrons. The van der Waals surface area contributed by atoms with Crippen LogP contribution in [0.4, 0.5) is 10.5 Å². The molecule has 1 amide bonds. The van der Waals surface area contributed by atoms with Gasteiger partial charge in [0.25, 0.3) is 0 Å². The average molecular weight is 545 g/mol. The Bertz CT molecular complexity index is 1230. The zero-order valence-electron chi connectivity index (χ0n) is 23.3. The van der Waals surface area contributed by atoms with Crippen molar-refractivity contribution in [3.05, 3.63) is 95.1 Å². The quantitative estimate of drug-likeness (QED) is 0.294. The fourth-order valence-corrected chi connectivity index (χ4v) is 5.66. The second-order valence-electron chi connectivity index (χ2n) is 10.8. The molecule has 0 aliphatic carbocycles. The predicted octanol–water partition coefficient (Wildman–Crippen LogP) is 6.11. The van der Waals surface area contributed by atoms with E-state index < -0.39 is 6.09 Å². The first-order valence-corrected chi connectivity index (χ1v) is 14.3. The molecular formula is C33H40N2O5. The van der Waals surface area contributed by atoms with Crippen LogP contribution in [-0.4, -0.2) is 62.1 Å². The van der Waals surface area contributed by atoms with Gasteiger partial charge >= 0.3 is 6.09 Å². The highest BCUT2D eigenvalue weighted by Gasteiger charge is 2.33. The molecule has 2 unspecified atom stereocenters. The van der Waals surface area contributed by atoms with Crippen molar-refractivity contribution in [1.29, 1.82) is 0 Å². The van der Waals surface area contributed by atoms with E-state index >= 15 is 0 Å². The number of piperidine rings is 1. The second kappa shape index (κ2) is 13.7. The third kappa shape index (κ3) is 7.34. The van der Waals surface area contributed by atoms with E-state index in [0.717, 1.165) is 42.7 Å². The minimum Gasteiger partial charge on any atom is -0.494 e. The van der Waals surface area contributed by atoms with Gasteiger partial charge in [-0.3, -0.25) is 0 Å². The monoisotopic (exact) mass is 544 g/mol. The van der Waals surface area contributed by atoms with Crippen molar-refractivity contribution in [2.45, 2.75) is 50.9 Å². The number of fused-ring (bicyclic) bond motifs is 1. The Morgan fingerprint density at radius 2 is 1.77 bits per heavy atom. The molecule has 7 nitrogen and oxygen atoms in total. The molecule has 2 heterocycles. The Morgan fingerprint density at radius 1 is 0.950 bits per heavy atom. The van der Waals surface area contributed by atoms with Crippen LogP contribution in [0.5, 0.6) is 5.75 Å². The number of nitrogens with zero attached hydrogens (tertiary/aromatic N) is 2. The Morgan fingerprint density at radius 3 is 2.58 bits per heavy atom. The first-order chi connectivity index (χ1) is 19.6. The van der Waals surface area contributed by atoms with Gasteiger partial charge in [0, 0.05) is 38.2 Å². The Kier molecular flexibility index (Phi) is 9.58. The van der Waals surface area contributed by atoms with E-state index in [1.54, 1.807) is 0 Å². The number of carboxylic acid groups (broad SMARTS) is 1. The Labute approximate surface area is 237 Å². The van der Waals surface area contributed by atoms with E-state index in [1.807, 2.05) is 30.3 Å². The summed E-state index contributed by atoms with van der Waals surface area (Å²) in [5, 5.41) is 9.63. The summed E-state index contributed by atoms with van der Waals surface area (Å²) in [7, 11) is 2.14. The largest absolute Gasteiger partial charge is 0.494 e. The molecule has 0 aromatic heterocycles. The summed E-state index contributed by atoms with van der Waals surface area (Å²) in [5.74, 6) is 0.946. The molecule has 2 aliphatic rings. The molecule has 1 saturated heterocycles. The van der Waals surface area contributed by atoms with E-state index in [9.17, 15) is 9.90 Å². The van der Waals surface area contributed by atoms with Gasteiger partial charge in [-0.15, -0.1) is 0 Å². The molecule has 0 spiro atoms. The maximum absolute atomic E-state index is 11.7. The predicted molar refractivity (Wildman–Crippen MR) is 156 cm³/mol. The van der Waals surface area contributed by atoms with Crippen LogP contribution in [0.15, 0.2) is 72.8 Å². The summed E-state index contributed by atoms with van der Waals surface area (Å²) >= 11 is 0. The number of anilines is 1. The van der Waals surface area contributed by atoms with Crippen LogP contribution in [0, 0.1) is 0 Å². The normalized spacial score (nSPS) is 18.8. The number of likely N-dealkylation sites (tertiary alicyclic amines) is 1. The van der Waals surface area contributed by atoms with Crippen LogP contribution < -0.4 is 9.64 Å². The van der Waals surface area contributed by atoms with Gasteiger partial charge in [-0.05, 0) is 59.7 Å². The van der Waals surface area contributed by atoms with Crippen molar-refractivity contribution >= 4 is 11.8 Å². The van der Waals surface area contributed by atoms with Crippen molar-refractivity contribution in [3.63, 3.8) is 0 Å². The number of ether oxygens (including phenoxy) is 3. The molecule has 0 bridgehead atoms. The number of benzene rings is 3. The van der Waals surface area contributed by atoms with Gasteiger partial charge in [0.1, 0.15) is 5.75 Å². The van der Waals surface area contributed by atoms with Gasteiger partial charge in [0.2, 0.25) is 0 Å². The number of aryl methyl sites for hydroxylation is 1. The van der Waals surface area contributed by atoms with Crippen LogP contribution >= 0.6 is 0 Å². The first-order valence-electron chi connectivity index (χ1n) is 14.3. The standard InChI is InChI=1S/C33H40N2O5/c1-34-17-5-9-28-11-10-26(21-31(28)34)24-40-32-22-35(33(36)37)18-16-30(32)27-12-14-29(15-13-27)39-20-6-19-38-23-25-7-3-2-4-8-25/h2-4,7-8,10-15,21,30,32H,5-6,9,16-20,22-24H2,1H3,(H,36,37). The topological polar surface area (TPSA) is 71.5 Å². The second-order valence-corrected chi connectivity index (χ2v) is 10.8. The third-order valence-corrected chi connectivity index (χ3v) is 7.92. The summed E-state index contributed by atoms with van der Waals surface area (Å²) in [5.41, 5.74) is 6.10. The van der Waals surface area contributed by atoms with E-state index in [1.165, 1.54) is 28.1 Å². The average Bonchev–Trinajstić information content (AvgIpc) is 2.99. The zero-order valence-corrected chi connectivity index (χ0v) is 23.3. The molecule has 1 N–H and O–H groups in total. The van der Waals surface area contributed by atoms with Gasteiger partial charge in [-0.1, -0.05) is 54.6 Å². The van der Waals surface area contributed by atoms with Crippen LogP contribution in [-0.2, 0) is 29.1 Å². The molecule has 1 fully saturated rings. The van der Waals surface area contributed by atoms with Crippen LogP contribution in [0.25, 0.3) is 0 Å². The minimum absolute atomic E-state index is 0.122. The van der Waals surface area contributed by atoms with Crippen LogP contribution in [0.2, 0.25) is 0 Å². The van der Waals surface area contributed by atoms with E-state index in [0.29, 0.717) is 39.5 Å². The summed E-state index contributed by atoms with van der Waals surface area (Å²) < 4.78 is 18.1. The van der Waals surface area contributed by atoms with Gasteiger partial charge in [-0.2, -0.15) is 0 Å². The lowest BCUT2D eigenvalue weighted by atomic mass is 9.87. The maximum atomic E-state index is 11.7. The van der Waals surface area contributed by atoms with Crippen LogP contribution in [0.3, 0.4) is 0 Å². The van der Waals surface area contributed by atoms with Crippen molar-refractivity contribution in [3.8, 4) is 5.75 Å². The molecule has 2 aliphatic heterocycles. The molecule has 5 rings (SSSR count). The fraction of sp³-hybridized carbons (Fsp3) is 0.424. The van der Waals surface area contributed by atoms with Crippen molar-refractivity contribution in [2.75, 3.05) is 44.8 Å². The fourth-order valence-electron chi connectivity index (χ4n) is 5.66. The van der Waals surface area contributed by atoms with Crippen molar-refractivity contribution in [2.24, 2.45) is 0 Å². The van der Waals surface area contributed by atoms with E-state index in [-0.39, 0.29) is 12.0 Å². The van der Waals surface area contributed by atoms with E-state index in [4.69, 9.17) is 14.2 Å². The highest BCUT2D eigenvalue weighted by molar-refractivity contribution is 5.65. The SMILES string of the molecule is CN1CCCc2ccc(COC3CN(C(=O)O)CCC3c3ccc(OCCCOCc4ccccc4)cc3)cc21. The lowest BCUT2D eigenvalue weighted by Crippen LogP contribution is -2.46. The van der Waals surface area contributed by atoms with Gasteiger partial charge in [-0.25, -0.2) is 4.79 Å². The number of rotatable bonds is 11. The third-order valence-electron chi connectivity index (χ3n) is 7.92. The van der Waals surface area contributed by atoms with Crippen LogP contribution in [0.1, 0.15) is 47.4 Å². The smallest absolute Gasteiger partial charge is 0.407 e. The number of carbonyl (C=O) groups is 1. The van der Waals surface area contributed by atoms with Gasteiger partial charge < -0.3 is 29.1 Å². The summed E-state index contributed by atoms with van der Waals surface area (Å²) in [6, 6.07) is 24.9. The highest BCUT2D eigenvalue weighted by Crippen LogP contribution is 2.33. The maximum Gasteiger partial charge on any atom is 0.407 e. The van der Waals surface area contributed by atoms with E-state index in [2.05, 4.69) is 54.4 Å². The summed E-state index contributed by atoms with van der Waals surface area (Å²) in [6.45, 7) is 4.25. The molecule has 0 saturated carbocycles. The van der Waals surface area contributed by atoms with Gasteiger partial charge in [0.15, 0.2) is 0 Å². The molecule has 212 valence electrons. The number of hydrogen-bond donors (Lipinski definition) is 1. The molecule has 2 atom stereocenters. The number of hydrogen-bond acceptors (Lipinski definition) is 5. The molecule has 7 heteroatoms. The lowest BCUT2D eigenvalue weighted by molar-refractivity contribution is -0.0199. The molecule has 3 aromatic rings. The molecular weight excluding hydrogens is 504 g/mol. The molecule has 3 aromatic carbocycles. The Hall–Kier alpha value is -3.55. The lowest BCUT2D eigenvalue weighted by Gasteiger charge is -2.37. The molecule has 40 heavy (non-hydrogen) atoms. The first kappa shape index (κ1) is 28.0. The zero-order chi connectivity index (χ0) is 27.7. The van der Waals surface area contributed by atoms with Gasteiger partial charge in [0.05, 0.1) is 39.1 Å². The summed E-state index contributed by atoms with van der Waals surface area (Å²) in [4.78, 5) is 15.5.